The monoisotopic (exact) mass is 995 g/mol. The van der Waals surface area contributed by atoms with Crippen LogP contribution in [0, 0.1) is 20.8 Å². The highest BCUT2D eigenvalue weighted by Gasteiger charge is 2.12. The highest BCUT2D eigenvalue weighted by molar-refractivity contribution is 7.80. The number of nitrogens with zero attached hydrogens (tertiary/aromatic N) is 3. The van der Waals surface area contributed by atoms with E-state index in [0.29, 0.717) is 30.7 Å². The number of fused-ring (bicyclic) bond motifs is 3. The molecule has 75 heavy (non-hydrogen) atoms. The molecule has 3 aromatic heterocycles. The van der Waals surface area contributed by atoms with Gasteiger partial charge < -0.3 is 11.1 Å². The molecule has 11 rings (SSSR count). The van der Waals surface area contributed by atoms with Crippen molar-refractivity contribution in [1.29, 1.82) is 0 Å². The lowest BCUT2D eigenvalue weighted by Gasteiger charge is -2.11. The summed E-state index contributed by atoms with van der Waals surface area (Å²) in [5.41, 5.74) is 21.5. The van der Waals surface area contributed by atoms with Crippen LogP contribution in [0.3, 0.4) is 0 Å². The van der Waals surface area contributed by atoms with Crippen LogP contribution in [-0.2, 0) is 35.3 Å². The van der Waals surface area contributed by atoms with Crippen LogP contribution in [0.25, 0.3) is 65.7 Å². The molecule has 0 bridgehead atoms. The third-order valence-electron chi connectivity index (χ3n) is 13.4. The van der Waals surface area contributed by atoms with Gasteiger partial charge in [-0.05, 0) is 140 Å². The highest BCUT2D eigenvalue weighted by Crippen LogP contribution is 2.33. The molecular formula is C67H57N5O2S. The number of Topliss-reactive ketones (excluding diaryl/α,β-unsaturated/α-hetero) is 1. The van der Waals surface area contributed by atoms with Crippen molar-refractivity contribution in [3.05, 3.63) is 264 Å². The molecule has 8 heteroatoms. The number of aryl methyl sites for hydroxylation is 3. The SMILES string of the molecule is Cc1ccc(-c2ccc(CC(=O)Cc3ccccc3)cc2)c2ccncc12.Cc1ccc(-c2ccc(CC(=S)NC(=O)Cc3ccccc3)cc2)c2ccncc12.Cc1ccc(-c2ccc(N)cc2)c2ccncc12. The predicted octanol–water partition coefficient (Wildman–Crippen LogP) is 14.8. The lowest BCUT2D eigenvalue weighted by molar-refractivity contribution is -0.119. The minimum Gasteiger partial charge on any atom is -0.399 e. The Bertz CT molecular complexity index is 3770. The average Bonchev–Trinajstić information content (AvgIpc) is 3.43. The smallest absolute Gasteiger partial charge is 0.229 e. The maximum absolute atomic E-state index is 12.3. The first kappa shape index (κ1) is 50.9. The molecule has 0 unspecified atom stereocenters. The fourth-order valence-corrected chi connectivity index (χ4v) is 9.62. The Morgan fingerprint density at radius 1 is 0.400 bits per heavy atom. The topological polar surface area (TPSA) is 111 Å². The van der Waals surface area contributed by atoms with Gasteiger partial charge in [0.05, 0.1) is 11.4 Å². The summed E-state index contributed by atoms with van der Waals surface area (Å²) in [5, 5.41) is 10.0. The summed E-state index contributed by atoms with van der Waals surface area (Å²) in [5.74, 6) is 0.156. The molecule has 3 heterocycles. The number of benzene rings is 8. The molecule has 0 aliphatic rings. The van der Waals surface area contributed by atoms with Crippen LogP contribution in [0.15, 0.2) is 225 Å². The number of ketones is 1. The number of amides is 1. The van der Waals surface area contributed by atoms with E-state index in [-0.39, 0.29) is 11.7 Å². The molecule has 0 saturated heterocycles. The lowest BCUT2D eigenvalue weighted by Crippen LogP contribution is -2.31. The summed E-state index contributed by atoms with van der Waals surface area (Å²) in [4.78, 5) is 37.8. The van der Waals surface area contributed by atoms with E-state index in [2.05, 4.69) is 156 Å². The standard InChI is InChI=1S/C26H22N2OS.C25H21NO.C16H14N2/c1-18-7-12-22(23-13-14-27-17-24(18)23)21-10-8-20(9-11-21)16-26(30)28-25(29)15-19-5-3-2-4-6-19;1-18-7-12-23(24-13-14-26-17-25(18)24)21-10-8-20(9-11-21)16-22(27)15-19-5-3-2-4-6-19;1-11-2-7-14(12-3-5-13(17)6-4-12)15-8-9-18-10-16(11)15/h2-14,17H,15-16H2,1H3,(H,28,29,30);2-14,17H,15-16H2,1H3;2-10H,17H2,1H3. The summed E-state index contributed by atoms with van der Waals surface area (Å²) in [6, 6.07) is 63.3. The van der Waals surface area contributed by atoms with Crippen molar-refractivity contribution >= 4 is 66.9 Å². The number of aromatic nitrogens is 3. The second kappa shape index (κ2) is 24.2. The minimum atomic E-state index is -0.0810. The van der Waals surface area contributed by atoms with Gasteiger partial charge in [-0.25, -0.2) is 0 Å². The number of nitrogens with one attached hydrogen (secondary N) is 1. The van der Waals surface area contributed by atoms with E-state index in [1.165, 1.54) is 71.3 Å². The van der Waals surface area contributed by atoms with Gasteiger partial charge >= 0.3 is 0 Å². The van der Waals surface area contributed by atoms with Crippen LogP contribution in [0.5, 0.6) is 0 Å². The first-order chi connectivity index (χ1) is 36.6. The van der Waals surface area contributed by atoms with Gasteiger partial charge in [-0.15, -0.1) is 0 Å². The van der Waals surface area contributed by atoms with Crippen LogP contribution in [-0.4, -0.2) is 31.6 Å². The number of nitrogen functional groups attached to an aromatic ring is 1. The van der Waals surface area contributed by atoms with Crippen LogP contribution in [0.4, 0.5) is 5.69 Å². The van der Waals surface area contributed by atoms with Crippen molar-refractivity contribution in [3.8, 4) is 33.4 Å². The van der Waals surface area contributed by atoms with Crippen LogP contribution < -0.4 is 11.1 Å². The first-order valence-corrected chi connectivity index (χ1v) is 25.4. The molecule has 0 aliphatic carbocycles. The summed E-state index contributed by atoms with van der Waals surface area (Å²) >= 11 is 5.39. The van der Waals surface area contributed by atoms with Crippen molar-refractivity contribution in [3.63, 3.8) is 0 Å². The van der Waals surface area contributed by atoms with Gasteiger partial charge in [-0.3, -0.25) is 24.5 Å². The Labute approximate surface area is 444 Å². The van der Waals surface area contributed by atoms with Gasteiger partial charge in [0.15, 0.2) is 0 Å². The fraction of sp³-hybridized carbons (Fsp3) is 0.104. The summed E-state index contributed by atoms with van der Waals surface area (Å²) in [6.07, 6.45) is 13.1. The average molecular weight is 996 g/mol. The molecule has 0 radical (unpaired) electrons. The molecule has 1 amide bonds. The number of carbonyl (C=O) groups is 2. The molecule has 0 fully saturated rings. The van der Waals surface area contributed by atoms with Gasteiger partial charge in [0.25, 0.3) is 0 Å². The number of pyridine rings is 3. The Morgan fingerprint density at radius 3 is 1.15 bits per heavy atom. The third-order valence-corrected chi connectivity index (χ3v) is 13.6. The quantitative estimate of drug-likeness (QED) is 0.0981. The zero-order valence-corrected chi connectivity index (χ0v) is 43.2. The second-order valence-electron chi connectivity index (χ2n) is 18.8. The number of hydrogen-bond acceptors (Lipinski definition) is 7. The number of rotatable bonds is 11. The zero-order valence-electron chi connectivity index (χ0n) is 42.3. The number of hydrogen-bond donors (Lipinski definition) is 2. The second-order valence-corrected chi connectivity index (χ2v) is 19.3. The van der Waals surface area contributed by atoms with Crippen molar-refractivity contribution in [2.45, 2.75) is 46.5 Å². The molecule has 0 saturated carbocycles. The molecule has 11 aromatic rings. The summed E-state index contributed by atoms with van der Waals surface area (Å²) < 4.78 is 0. The van der Waals surface area contributed by atoms with Gasteiger partial charge in [-0.2, -0.15) is 0 Å². The Hall–Kier alpha value is -8.98. The van der Waals surface area contributed by atoms with Gasteiger partial charge in [-0.1, -0.05) is 170 Å². The largest absolute Gasteiger partial charge is 0.399 e. The molecule has 368 valence electrons. The Balaban J connectivity index is 0.000000142. The molecule has 7 nitrogen and oxygen atoms in total. The zero-order chi connectivity index (χ0) is 52.1. The first-order valence-electron chi connectivity index (χ1n) is 25.0. The highest BCUT2D eigenvalue weighted by atomic mass is 32.1. The third kappa shape index (κ3) is 13.0. The van der Waals surface area contributed by atoms with Gasteiger partial charge in [0, 0.05) is 78.3 Å². The molecule has 0 atom stereocenters. The van der Waals surface area contributed by atoms with E-state index in [9.17, 15) is 9.59 Å². The maximum Gasteiger partial charge on any atom is 0.229 e. The van der Waals surface area contributed by atoms with E-state index in [4.69, 9.17) is 18.0 Å². The van der Waals surface area contributed by atoms with E-state index in [0.717, 1.165) is 39.1 Å². The summed E-state index contributed by atoms with van der Waals surface area (Å²) in [7, 11) is 0. The lowest BCUT2D eigenvalue weighted by atomic mass is 9.95. The van der Waals surface area contributed by atoms with E-state index < -0.39 is 0 Å². The van der Waals surface area contributed by atoms with Crippen LogP contribution >= 0.6 is 12.2 Å². The number of carbonyl (C=O) groups excluding carboxylic acids is 2. The molecular weight excluding hydrogens is 939 g/mol. The van der Waals surface area contributed by atoms with Crippen LogP contribution in [0.1, 0.15) is 38.9 Å². The summed E-state index contributed by atoms with van der Waals surface area (Å²) in [6.45, 7) is 6.32. The minimum absolute atomic E-state index is 0.0810. The number of nitrogens with two attached hydrogens (primary N) is 1. The fourth-order valence-electron chi connectivity index (χ4n) is 9.34. The predicted molar refractivity (Wildman–Crippen MR) is 314 cm³/mol. The van der Waals surface area contributed by atoms with Crippen molar-refractivity contribution in [2.24, 2.45) is 0 Å². The molecule has 3 N–H and O–H groups in total. The van der Waals surface area contributed by atoms with E-state index in [1.807, 2.05) is 110 Å². The van der Waals surface area contributed by atoms with E-state index >= 15 is 0 Å². The van der Waals surface area contributed by atoms with Crippen molar-refractivity contribution in [2.75, 3.05) is 5.73 Å². The maximum atomic E-state index is 12.3. The van der Waals surface area contributed by atoms with Gasteiger partial charge in [0.1, 0.15) is 5.78 Å². The normalized spacial score (nSPS) is 10.8. The van der Waals surface area contributed by atoms with Gasteiger partial charge in [0.2, 0.25) is 5.91 Å². The van der Waals surface area contributed by atoms with Crippen molar-refractivity contribution in [1.82, 2.24) is 20.3 Å². The molecule has 0 spiro atoms. The van der Waals surface area contributed by atoms with E-state index in [1.54, 1.807) is 0 Å². The Kier molecular flexibility index (Phi) is 16.4. The number of anilines is 1. The van der Waals surface area contributed by atoms with Crippen LogP contribution in [0.2, 0.25) is 0 Å². The molecule has 0 aliphatic heterocycles. The Morgan fingerprint density at radius 2 is 0.747 bits per heavy atom. The van der Waals surface area contributed by atoms with Crippen molar-refractivity contribution < 1.29 is 9.59 Å². The number of thiocarbonyl (C=S) groups is 1. The molecule has 8 aromatic carbocycles.